The third-order valence-electron chi connectivity index (χ3n) is 4.57. The lowest BCUT2D eigenvalue weighted by atomic mass is 10.3. The molecule has 0 atom stereocenters. The van der Waals surface area contributed by atoms with Crippen LogP contribution < -0.4 is 10.1 Å². The highest BCUT2D eigenvalue weighted by molar-refractivity contribution is 5.80. The highest BCUT2D eigenvalue weighted by Crippen LogP contribution is 2.27. The minimum Gasteiger partial charge on any atom is -0.484 e. The Labute approximate surface area is 146 Å². The Morgan fingerprint density at radius 1 is 1.04 bits per heavy atom. The van der Waals surface area contributed by atoms with Gasteiger partial charge in [0.2, 0.25) is 5.91 Å². The van der Waals surface area contributed by atoms with Gasteiger partial charge in [0.25, 0.3) is 5.91 Å². The molecule has 1 aromatic carbocycles. The van der Waals surface area contributed by atoms with E-state index in [0.717, 1.165) is 12.5 Å². The third-order valence-corrected chi connectivity index (χ3v) is 4.57. The molecule has 1 saturated carbocycles. The van der Waals surface area contributed by atoms with Crippen molar-refractivity contribution in [2.24, 2.45) is 5.92 Å². The summed E-state index contributed by atoms with van der Waals surface area (Å²) in [4.78, 5) is 27.8. The average molecular weight is 349 g/mol. The van der Waals surface area contributed by atoms with Gasteiger partial charge in [0.1, 0.15) is 11.6 Å². The van der Waals surface area contributed by atoms with Gasteiger partial charge in [-0.15, -0.1) is 0 Å². The van der Waals surface area contributed by atoms with E-state index in [9.17, 15) is 14.0 Å². The second kappa shape index (κ2) is 8.29. The number of carbonyl (C=O) groups excluding carboxylic acids is 2. The van der Waals surface area contributed by atoms with Crippen LogP contribution in [-0.4, -0.2) is 67.5 Å². The van der Waals surface area contributed by atoms with Gasteiger partial charge < -0.3 is 19.9 Å². The van der Waals surface area contributed by atoms with Crippen molar-refractivity contribution in [1.29, 1.82) is 0 Å². The molecule has 136 valence electrons. The summed E-state index contributed by atoms with van der Waals surface area (Å²) in [5, 5.41) is 3.20. The van der Waals surface area contributed by atoms with Gasteiger partial charge in [-0.05, 0) is 49.6 Å². The van der Waals surface area contributed by atoms with Crippen LogP contribution in [0.3, 0.4) is 0 Å². The van der Waals surface area contributed by atoms with Crippen molar-refractivity contribution in [3.8, 4) is 5.75 Å². The normalized spacial score (nSPS) is 17.5. The molecule has 1 N–H and O–H groups in total. The maximum absolute atomic E-state index is 12.8. The van der Waals surface area contributed by atoms with Crippen LogP contribution in [0.25, 0.3) is 0 Å². The molecule has 0 bridgehead atoms. The SMILES string of the molecule is O=C(CNCC1CC1)N1CCN(C(=O)COc2ccc(F)cc2)CC1. The first kappa shape index (κ1) is 17.7. The Morgan fingerprint density at radius 3 is 2.24 bits per heavy atom. The predicted molar refractivity (Wildman–Crippen MR) is 90.6 cm³/mol. The zero-order chi connectivity index (χ0) is 17.6. The Morgan fingerprint density at radius 2 is 1.64 bits per heavy atom. The van der Waals surface area contributed by atoms with Gasteiger partial charge in [-0.3, -0.25) is 9.59 Å². The molecular weight excluding hydrogens is 325 g/mol. The average Bonchev–Trinajstić information content (AvgIpc) is 3.45. The van der Waals surface area contributed by atoms with Gasteiger partial charge in [0.05, 0.1) is 6.54 Å². The number of nitrogens with one attached hydrogen (secondary N) is 1. The zero-order valence-corrected chi connectivity index (χ0v) is 14.2. The molecule has 6 nitrogen and oxygen atoms in total. The van der Waals surface area contributed by atoms with Gasteiger partial charge in [-0.2, -0.15) is 0 Å². The van der Waals surface area contributed by atoms with E-state index in [2.05, 4.69) is 5.32 Å². The highest BCUT2D eigenvalue weighted by atomic mass is 19.1. The lowest BCUT2D eigenvalue weighted by molar-refractivity contribution is -0.140. The number of rotatable bonds is 7. The Balaban J connectivity index is 1.35. The van der Waals surface area contributed by atoms with Gasteiger partial charge >= 0.3 is 0 Å². The van der Waals surface area contributed by atoms with Crippen molar-refractivity contribution in [3.05, 3.63) is 30.1 Å². The Bertz CT molecular complexity index is 596. The molecule has 0 aromatic heterocycles. The summed E-state index contributed by atoms with van der Waals surface area (Å²) in [6, 6.07) is 5.57. The summed E-state index contributed by atoms with van der Waals surface area (Å²) in [6.07, 6.45) is 2.53. The lowest BCUT2D eigenvalue weighted by Crippen LogP contribution is -2.53. The van der Waals surface area contributed by atoms with Crippen molar-refractivity contribution < 1.29 is 18.7 Å². The van der Waals surface area contributed by atoms with Gasteiger partial charge in [-0.1, -0.05) is 0 Å². The Hall–Kier alpha value is -2.15. The van der Waals surface area contributed by atoms with E-state index in [-0.39, 0.29) is 24.2 Å². The number of ether oxygens (including phenoxy) is 1. The molecule has 3 rings (SSSR count). The van der Waals surface area contributed by atoms with Crippen LogP contribution in [0.5, 0.6) is 5.75 Å². The maximum atomic E-state index is 12.8. The molecule has 1 heterocycles. The highest BCUT2D eigenvalue weighted by Gasteiger charge is 2.25. The molecular formula is C18H24FN3O3. The molecule has 2 amide bonds. The second-order valence-corrected chi connectivity index (χ2v) is 6.58. The first-order valence-corrected chi connectivity index (χ1v) is 8.76. The fourth-order valence-electron chi connectivity index (χ4n) is 2.79. The quantitative estimate of drug-likeness (QED) is 0.794. The molecule has 1 aliphatic heterocycles. The first-order valence-electron chi connectivity index (χ1n) is 8.76. The summed E-state index contributed by atoms with van der Waals surface area (Å²) in [7, 11) is 0. The molecule has 25 heavy (non-hydrogen) atoms. The molecule has 0 spiro atoms. The molecule has 1 saturated heterocycles. The molecule has 2 aliphatic rings. The smallest absolute Gasteiger partial charge is 0.260 e. The monoisotopic (exact) mass is 349 g/mol. The van der Waals surface area contributed by atoms with E-state index < -0.39 is 0 Å². The molecule has 7 heteroatoms. The summed E-state index contributed by atoms with van der Waals surface area (Å²) < 4.78 is 18.2. The number of hydrogen-bond donors (Lipinski definition) is 1. The fraction of sp³-hybridized carbons (Fsp3) is 0.556. The van der Waals surface area contributed by atoms with Crippen LogP contribution >= 0.6 is 0 Å². The van der Waals surface area contributed by atoms with E-state index in [1.54, 1.807) is 9.80 Å². The number of piperazine rings is 1. The molecule has 1 aromatic rings. The van der Waals surface area contributed by atoms with Gasteiger partial charge in [0.15, 0.2) is 6.61 Å². The molecule has 2 fully saturated rings. The van der Waals surface area contributed by atoms with E-state index in [4.69, 9.17) is 4.74 Å². The van der Waals surface area contributed by atoms with E-state index in [0.29, 0.717) is 38.5 Å². The maximum Gasteiger partial charge on any atom is 0.260 e. The zero-order valence-electron chi connectivity index (χ0n) is 14.2. The third kappa shape index (κ3) is 5.42. The van der Waals surface area contributed by atoms with Crippen LogP contribution in [-0.2, 0) is 9.59 Å². The number of nitrogens with zero attached hydrogens (tertiary/aromatic N) is 2. The van der Waals surface area contributed by atoms with Crippen molar-refractivity contribution >= 4 is 11.8 Å². The number of hydrogen-bond acceptors (Lipinski definition) is 4. The van der Waals surface area contributed by atoms with Crippen LogP contribution in [0.1, 0.15) is 12.8 Å². The first-order chi connectivity index (χ1) is 12.1. The number of carbonyl (C=O) groups is 2. The predicted octanol–water partition coefficient (Wildman–Crippen LogP) is 0.875. The topological polar surface area (TPSA) is 61.9 Å². The van der Waals surface area contributed by atoms with E-state index >= 15 is 0 Å². The van der Waals surface area contributed by atoms with Crippen molar-refractivity contribution in [2.45, 2.75) is 12.8 Å². The minimum atomic E-state index is -0.342. The van der Waals surface area contributed by atoms with Crippen molar-refractivity contribution in [1.82, 2.24) is 15.1 Å². The van der Waals surface area contributed by atoms with E-state index in [1.165, 1.54) is 37.1 Å². The molecule has 0 radical (unpaired) electrons. The summed E-state index contributed by atoms with van der Waals surface area (Å²) in [5.74, 6) is 0.846. The van der Waals surface area contributed by atoms with Crippen molar-refractivity contribution in [3.63, 3.8) is 0 Å². The van der Waals surface area contributed by atoms with Crippen molar-refractivity contribution in [2.75, 3.05) is 45.9 Å². The standard InChI is InChI=1S/C18H24FN3O3/c19-15-3-5-16(6-4-15)25-13-18(24)22-9-7-21(8-10-22)17(23)12-20-11-14-1-2-14/h3-6,14,20H,1-2,7-13H2. The lowest BCUT2D eigenvalue weighted by Gasteiger charge is -2.34. The van der Waals surface area contributed by atoms with Crippen LogP contribution in [0, 0.1) is 11.7 Å². The van der Waals surface area contributed by atoms with Crippen LogP contribution in [0.15, 0.2) is 24.3 Å². The fourth-order valence-corrected chi connectivity index (χ4v) is 2.79. The van der Waals surface area contributed by atoms with Crippen LogP contribution in [0.2, 0.25) is 0 Å². The van der Waals surface area contributed by atoms with E-state index in [1.807, 2.05) is 0 Å². The van der Waals surface area contributed by atoms with Gasteiger partial charge in [0, 0.05) is 26.2 Å². The van der Waals surface area contributed by atoms with Gasteiger partial charge in [-0.25, -0.2) is 4.39 Å². The second-order valence-electron chi connectivity index (χ2n) is 6.58. The number of halogens is 1. The number of amides is 2. The molecule has 1 aliphatic carbocycles. The minimum absolute atomic E-state index is 0.0808. The summed E-state index contributed by atoms with van der Waals surface area (Å²) >= 11 is 0. The molecule has 0 unspecified atom stereocenters. The van der Waals surface area contributed by atoms with Crippen LogP contribution in [0.4, 0.5) is 4.39 Å². The summed E-state index contributed by atoms with van der Waals surface area (Å²) in [6.45, 7) is 3.34. The largest absolute Gasteiger partial charge is 0.484 e. The summed E-state index contributed by atoms with van der Waals surface area (Å²) in [5.41, 5.74) is 0. The number of benzene rings is 1. The Kier molecular flexibility index (Phi) is 5.86.